The third kappa shape index (κ3) is 3.92. The van der Waals surface area contributed by atoms with Crippen LogP contribution in [0.2, 0.25) is 5.02 Å². The van der Waals surface area contributed by atoms with Gasteiger partial charge < -0.3 is 15.0 Å². The molecular formula is C19H17ClN4O2. The zero-order chi connectivity index (χ0) is 18.5. The zero-order valence-corrected chi connectivity index (χ0v) is 15.1. The van der Waals surface area contributed by atoms with E-state index < -0.39 is 0 Å². The normalized spacial score (nSPS) is 10.3. The van der Waals surface area contributed by atoms with E-state index in [1.165, 1.54) is 13.3 Å². The number of carbonyl (C=O) groups is 1. The topological polar surface area (TPSA) is 67.3 Å². The molecule has 3 rings (SSSR count). The second-order valence-corrected chi connectivity index (χ2v) is 5.87. The second kappa shape index (κ2) is 7.84. The Hall–Kier alpha value is -3.12. The van der Waals surface area contributed by atoms with Crippen LogP contribution in [0.1, 0.15) is 10.5 Å². The monoisotopic (exact) mass is 368 g/mol. The molecule has 3 aromatic rings. The Bertz CT molecular complexity index is 901. The molecule has 1 heterocycles. The SMILES string of the molecule is COc1ccc(NC(=O)c2cnc(N(C)c3ccccc3)cn2)cc1Cl. The van der Waals surface area contributed by atoms with Crippen molar-refractivity contribution in [1.82, 2.24) is 9.97 Å². The Morgan fingerprint density at radius 1 is 1.12 bits per heavy atom. The van der Waals surface area contributed by atoms with Crippen molar-refractivity contribution in [1.29, 1.82) is 0 Å². The lowest BCUT2D eigenvalue weighted by Gasteiger charge is -2.17. The number of nitrogens with zero attached hydrogens (tertiary/aromatic N) is 3. The van der Waals surface area contributed by atoms with Crippen molar-refractivity contribution in [3.05, 3.63) is 71.6 Å². The average molecular weight is 369 g/mol. The predicted molar refractivity (Wildman–Crippen MR) is 102 cm³/mol. The lowest BCUT2D eigenvalue weighted by atomic mass is 10.3. The van der Waals surface area contributed by atoms with Crippen molar-refractivity contribution >= 4 is 34.7 Å². The first kappa shape index (κ1) is 17.7. The van der Waals surface area contributed by atoms with Crippen LogP contribution < -0.4 is 15.0 Å². The Labute approximate surface area is 156 Å². The van der Waals surface area contributed by atoms with Crippen LogP contribution in [0.25, 0.3) is 0 Å². The average Bonchev–Trinajstić information content (AvgIpc) is 2.68. The van der Waals surface area contributed by atoms with Crippen molar-refractivity contribution in [2.24, 2.45) is 0 Å². The number of carbonyl (C=O) groups excluding carboxylic acids is 1. The fourth-order valence-corrected chi connectivity index (χ4v) is 2.59. The summed E-state index contributed by atoms with van der Waals surface area (Å²) in [4.78, 5) is 22.7. The van der Waals surface area contributed by atoms with E-state index in [0.29, 0.717) is 22.3 Å². The Morgan fingerprint density at radius 2 is 1.88 bits per heavy atom. The molecule has 0 aliphatic rings. The number of nitrogens with one attached hydrogen (secondary N) is 1. The van der Waals surface area contributed by atoms with Crippen LogP contribution in [0.4, 0.5) is 17.2 Å². The van der Waals surface area contributed by atoms with Crippen molar-refractivity contribution in [3.8, 4) is 5.75 Å². The van der Waals surface area contributed by atoms with E-state index in [1.807, 2.05) is 42.3 Å². The molecule has 7 heteroatoms. The molecule has 6 nitrogen and oxygen atoms in total. The van der Waals surface area contributed by atoms with E-state index in [-0.39, 0.29) is 11.6 Å². The lowest BCUT2D eigenvalue weighted by Crippen LogP contribution is -2.16. The highest BCUT2D eigenvalue weighted by Crippen LogP contribution is 2.27. The maximum absolute atomic E-state index is 12.3. The van der Waals surface area contributed by atoms with E-state index >= 15 is 0 Å². The molecule has 0 spiro atoms. The Balaban J connectivity index is 1.72. The molecule has 0 aliphatic carbocycles. The summed E-state index contributed by atoms with van der Waals surface area (Å²) in [7, 11) is 3.42. The minimum absolute atomic E-state index is 0.210. The largest absolute Gasteiger partial charge is 0.495 e. The molecule has 0 saturated carbocycles. The predicted octanol–water partition coefficient (Wildman–Crippen LogP) is 4.16. The van der Waals surface area contributed by atoms with Gasteiger partial charge in [0.1, 0.15) is 11.4 Å². The van der Waals surface area contributed by atoms with Gasteiger partial charge in [-0.1, -0.05) is 29.8 Å². The summed E-state index contributed by atoms with van der Waals surface area (Å²) < 4.78 is 5.09. The van der Waals surface area contributed by atoms with Gasteiger partial charge in [0.2, 0.25) is 0 Å². The number of anilines is 3. The summed E-state index contributed by atoms with van der Waals surface area (Å²) in [6.07, 6.45) is 3.00. The number of methoxy groups -OCH3 is 1. The van der Waals surface area contributed by atoms with E-state index in [9.17, 15) is 4.79 Å². The Morgan fingerprint density at radius 3 is 2.50 bits per heavy atom. The van der Waals surface area contributed by atoms with Gasteiger partial charge in [0.05, 0.1) is 24.5 Å². The number of hydrogen-bond acceptors (Lipinski definition) is 5. The number of benzene rings is 2. The van der Waals surface area contributed by atoms with Gasteiger partial charge >= 0.3 is 0 Å². The highest BCUT2D eigenvalue weighted by atomic mass is 35.5. The van der Waals surface area contributed by atoms with Crippen molar-refractivity contribution in [2.45, 2.75) is 0 Å². The maximum atomic E-state index is 12.3. The summed E-state index contributed by atoms with van der Waals surface area (Å²) in [6.45, 7) is 0. The van der Waals surface area contributed by atoms with Gasteiger partial charge in [-0.2, -0.15) is 0 Å². The first-order valence-corrected chi connectivity index (χ1v) is 8.22. The molecule has 0 radical (unpaired) electrons. The summed E-state index contributed by atoms with van der Waals surface area (Å²) in [6, 6.07) is 14.8. The second-order valence-electron chi connectivity index (χ2n) is 5.46. The van der Waals surface area contributed by atoms with Gasteiger partial charge in [0.25, 0.3) is 5.91 Å². The van der Waals surface area contributed by atoms with Gasteiger partial charge in [0.15, 0.2) is 5.82 Å². The standard InChI is InChI=1S/C19H17ClN4O2/c1-24(14-6-4-3-5-7-14)18-12-21-16(11-22-18)19(25)23-13-8-9-17(26-2)15(20)10-13/h3-12H,1-2H3,(H,23,25). The van der Waals surface area contributed by atoms with Crippen molar-refractivity contribution in [3.63, 3.8) is 0 Å². The Kier molecular flexibility index (Phi) is 5.34. The molecule has 0 atom stereocenters. The van der Waals surface area contributed by atoms with Crippen LogP contribution in [0.5, 0.6) is 5.75 Å². The number of halogens is 1. The summed E-state index contributed by atoms with van der Waals surface area (Å²) in [5.74, 6) is 0.811. The van der Waals surface area contributed by atoms with E-state index in [0.717, 1.165) is 5.69 Å². The minimum Gasteiger partial charge on any atom is -0.495 e. The van der Waals surface area contributed by atoms with Crippen LogP contribution in [0.15, 0.2) is 60.9 Å². The van der Waals surface area contributed by atoms with Crippen LogP contribution >= 0.6 is 11.6 Å². The highest BCUT2D eigenvalue weighted by molar-refractivity contribution is 6.32. The van der Waals surface area contributed by atoms with E-state index in [2.05, 4.69) is 15.3 Å². The van der Waals surface area contributed by atoms with Gasteiger partial charge in [-0.3, -0.25) is 4.79 Å². The third-order valence-corrected chi connectivity index (χ3v) is 4.06. The molecule has 0 bridgehead atoms. The van der Waals surface area contributed by atoms with E-state index in [1.54, 1.807) is 24.4 Å². The van der Waals surface area contributed by atoms with Crippen LogP contribution in [-0.2, 0) is 0 Å². The van der Waals surface area contributed by atoms with Crippen molar-refractivity contribution in [2.75, 3.05) is 24.4 Å². The van der Waals surface area contributed by atoms with Crippen LogP contribution in [-0.4, -0.2) is 30.0 Å². The lowest BCUT2D eigenvalue weighted by molar-refractivity contribution is 0.102. The molecule has 1 aromatic heterocycles. The summed E-state index contributed by atoms with van der Waals surface area (Å²) >= 11 is 6.06. The molecule has 0 unspecified atom stereocenters. The maximum Gasteiger partial charge on any atom is 0.275 e. The third-order valence-electron chi connectivity index (χ3n) is 3.77. The molecule has 1 amide bonds. The molecule has 132 valence electrons. The van der Waals surface area contributed by atoms with E-state index in [4.69, 9.17) is 16.3 Å². The zero-order valence-electron chi connectivity index (χ0n) is 14.3. The quantitative estimate of drug-likeness (QED) is 0.732. The van der Waals surface area contributed by atoms with Gasteiger partial charge in [-0.05, 0) is 30.3 Å². The number of aromatic nitrogens is 2. The number of rotatable bonds is 5. The number of para-hydroxylation sites is 1. The first-order chi connectivity index (χ1) is 12.6. The first-order valence-electron chi connectivity index (χ1n) is 7.84. The summed E-state index contributed by atoms with van der Waals surface area (Å²) in [5, 5.41) is 3.15. The molecule has 0 aliphatic heterocycles. The fourth-order valence-electron chi connectivity index (χ4n) is 2.33. The van der Waals surface area contributed by atoms with Gasteiger partial charge in [-0.15, -0.1) is 0 Å². The van der Waals surface area contributed by atoms with Gasteiger partial charge in [-0.25, -0.2) is 9.97 Å². The van der Waals surface area contributed by atoms with Crippen LogP contribution in [0, 0.1) is 0 Å². The number of ether oxygens (including phenoxy) is 1. The molecule has 26 heavy (non-hydrogen) atoms. The molecule has 2 aromatic carbocycles. The molecule has 0 fully saturated rings. The highest BCUT2D eigenvalue weighted by Gasteiger charge is 2.12. The number of amides is 1. The smallest absolute Gasteiger partial charge is 0.275 e. The summed E-state index contributed by atoms with van der Waals surface area (Å²) in [5.41, 5.74) is 1.74. The molecular weight excluding hydrogens is 352 g/mol. The molecule has 0 saturated heterocycles. The fraction of sp³-hybridized carbons (Fsp3) is 0.105. The van der Waals surface area contributed by atoms with Crippen molar-refractivity contribution < 1.29 is 9.53 Å². The van der Waals surface area contributed by atoms with Gasteiger partial charge in [0, 0.05) is 18.4 Å². The molecule has 1 N–H and O–H groups in total. The number of hydrogen-bond donors (Lipinski definition) is 1. The minimum atomic E-state index is -0.368. The van der Waals surface area contributed by atoms with Crippen LogP contribution in [0.3, 0.4) is 0 Å².